The largest absolute Gasteiger partial charge is 0.383 e. The Morgan fingerprint density at radius 3 is 2.67 bits per heavy atom. The van der Waals surface area contributed by atoms with Crippen LogP contribution in [0.4, 0.5) is 4.39 Å². The number of halogens is 1. The summed E-state index contributed by atoms with van der Waals surface area (Å²) >= 11 is 1.35. The van der Waals surface area contributed by atoms with Gasteiger partial charge in [0.25, 0.3) is 0 Å². The molecular formula is C14H16FNO3S2. The summed E-state index contributed by atoms with van der Waals surface area (Å²) in [6.45, 7) is 2.90. The Labute approximate surface area is 127 Å². The first kappa shape index (κ1) is 16.1. The molecule has 0 saturated carbocycles. The SMILES string of the molecule is Cc1cc(F)ccc1S(=O)(=O)NC[C@@](C)(O)c1cccs1. The van der Waals surface area contributed by atoms with Crippen LogP contribution in [0.3, 0.4) is 0 Å². The van der Waals surface area contributed by atoms with Crippen molar-refractivity contribution in [2.75, 3.05) is 6.54 Å². The van der Waals surface area contributed by atoms with Crippen molar-refractivity contribution in [3.05, 3.63) is 52.0 Å². The van der Waals surface area contributed by atoms with E-state index in [9.17, 15) is 17.9 Å². The van der Waals surface area contributed by atoms with E-state index < -0.39 is 21.4 Å². The molecule has 0 fully saturated rings. The molecule has 0 radical (unpaired) electrons. The highest BCUT2D eigenvalue weighted by atomic mass is 32.2. The maximum atomic E-state index is 13.0. The third-order valence-electron chi connectivity index (χ3n) is 3.08. The van der Waals surface area contributed by atoms with Crippen molar-refractivity contribution in [1.82, 2.24) is 4.72 Å². The van der Waals surface area contributed by atoms with Crippen molar-refractivity contribution >= 4 is 21.4 Å². The highest BCUT2D eigenvalue weighted by molar-refractivity contribution is 7.89. The molecule has 1 atom stereocenters. The highest BCUT2D eigenvalue weighted by Crippen LogP contribution is 2.25. The second kappa shape index (κ2) is 5.84. The van der Waals surface area contributed by atoms with Gasteiger partial charge in [-0.25, -0.2) is 17.5 Å². The smallest absolute Gasteiger partial charge is 0.240 e. The zero-order valence-electron chi connectivity index (χ0n) is 11.6. The van der Waals surface area contributed by atoms with E-state index in [-0.39, 0.29) is 11.4 Å². The predicted molar refractivity (Wildman–Crippen MR) is 80.2 cm³/mol. The maximum Gasteiger partial charge on any atom is 0.240 e. The quantitative estimate of drug-likeness (QED) is 0.885. The van der Waals surface area contributed by atoms with Gasteiger partial charge in [0.1, 0.15) is 11.4 Å². The van der Waals surface area contributed by atoms with Crippen LogP contribution < -0.4 is 4.72 Å². The van der Waals surface area contributed by atoms with Crippen molar-refractivity contribution < 1.29 is 17.9 Å². The van der Waals surface area contributed by atoms with Gasteiger partial charge in [-0.2, -0.15) is 0 Å². The number of aryl methyl sites for hydroxylation is 1. The minimum Gasteiger partial charge on any atom is -0.383 e. The normalized spacial score (nSPS) is 14.9. The van der Waals surface area contributed by atoms with Crippen LogP contribution in [0.25, 0.3) is 0 Å². The van der Waals surface area contributed by atoms with Crippen LogP contribution in [0.2, 0.25) is 0 Å². The Bertz CT molecular complexity index is 725. The first-order valence-electron chi connectivity index (χ1n) is 6.24. The highest BCUT2D eigenvalue weighted by Gasteiger charge is 2.27. The zero-order valence-corrected chi connectivity index (χ0v) is 13.3. The topological polar surface area (TPSA) is 66.4 Å². The molecule has 0 aliphatic carbocycles. The molecule has 7 heteroatoms. The number of sulfonamides is 1. The summed E-state index contributed by atoms with van der Waals surface area (Å²) in [5.41, 5.74) is -0.979. The minimum atomic E-state index is -3.80. The number of hydrogen-bond acceptors (Lipinski definition) is 4. The lowest BCUT2D eigenvalue weighted by molar-refractivity contribution is 0.0666. The van der Waals surface area contributed by atoms with Crippen LogP contribution in [0.15, 0.2) is 40.6 Å². The van der Waals surface area contributed by atoms with Gasteiger partial charge in [0, 0.05) is 11.4 Å². The summed E-state index contributed by atoms with van der Waals surface area (Å²) < 4.78 is 39.9. The zero-order chi connectivity index (χ0) is 15.7. The van der Waals surface area contributed by atoms with E-state index >= 15 is 0 Å². The van der Waals surface area contributed by atoms with Gasteiger partial charge in [0.2, 0.25) is 10.0 Å². The van der Waals surface area contributed by atoms with Gasteiger partial charge < -0.3 is 5.11 Å². The van der Waals surface area contributed by atoms with E-state index in [2.05, 4.69) is 4.72 Å². The van der Waals surface area contributed by atoms with Crippen LogP contribution in [0, 0.1) is 12.7 Å². The standard InChI is InChI=1S/C14H16FNO3S2/c1-10-8-11(15)5-6-12(10)21(18,19)16-9-14(2,17)13-4-3-7-20-13/h3-8,16-17H,9H2,1-2H3/t14-/m1/s1. The average Bonchev–Trinajstić information content (AvgIpc) is 2.91. The van der Waals surface area contributed by atoms with Gasteiger partial charge in [-0.05, 0) is 49.1 Å². The van der Waals surface area contributed by atoms with Crippen LogP contribution in [0.5, 0.6) is 0 Å². The molecule has 0 spiro atoms. The number of hydrogen-bond donors (Lipinski definition) is 2. The van der Waals surface area contributed by atoms with Gasteiger partial charge >= 0.3 is 0 Å². The third-order valence-corrected chi connectivity index (χ3v) is 5.77. The van der Waals surface area contributed by atoms with Gasteiger partial charge in [-0.15, -0.1) is 11.3 Å². The second-order valence-electron chi connectivity index (χ2n) is 4.99. The number of aliphatic hydroxyl groups is 1. The molecule has 0 amide bonds. The van der Waals surface area contributed by atoms with E-state index in [4.69, 9.17) is 0 Å². The van der Waals surface area contributed by atoms with Gasteiger partial charge in [0.05, 0.1) is 4.90 Å². The lowest BCUT2D eigenvalue weighted by Crippen LogP contribution is -2.38. The Hall–Kier alpha value is -1.28. The van der Waals surface area contributed by atoms with Crippen molar-refractivity contribution in [2.45, 2.75) is 24.3 Å². The fourth-order valence-corrected chi connectivity index (χ4v) is 4.04. The summed E-state index contributed by atoms with van der Waals surface area (Å²) in [7, 11) is -3.80. The van der Waals surface area contributed by atoms with Crippen LogP contribution in [-0.4, -0.2) is 20.1 Å². The van der Waals surface area contributed by atoms with Gasteiger partial charge in [-0.1, -0.05) is 6.07 Å². The minimum absolute atomic E-state index is 0.00544. The number of benzene rings is 1. The Balaban J connectivity index is 2.19. The molecule has 4 nitrogen and oxygen atoms in total. The molecule has 1 heterocycles. The van der Waals surface area contributed by atoms with Crippen LogP contribution in [-0.2, 0) is 15.6 Å². The fourth-order valence-electron chi connectivity index (χ4n) is 1.90. The van der Waals surface area contributed by atoms with Crippen LogP contribution in [0.1, 0.15) is 17.4 Å². The summed E-state index contributed by atoms with van der Waals surface area (Å²) in [6.07, 6.45) is 0. The molecular weight excluding hydrogens is 313 g/mol. The first-order valence-corrected chi connectivity index (χ1v) is 8.61. The summed E-state index contributed by atoms with van der Waals surface area (Å²) in [5, 5.41) is 12.1. The molecule has 0 saturated heterocycles. The van der Waals surface area contributed by atoms with Gasteiger partial charge in [0.15, 0.2) is 0 Å². The maximum absolute atomic E-state index is 13.0. The first-order chi connectivity index (χ1) is 9.72. The third kappa shape index (κ3) is 3.68. The fraction of sp³-hybridized carbons (Fsp3) is 0.286. The molecule has 0 aliphatic heterocycles. The molecule has 2 N–H and O–H groups in total. The molecule has 2 rings (SSSR count). The molecule has 21 heavy (non-hydrogen) atoms. The van der Waals surface area contributed by atoms with Crippen molar-refractivity contribution in [3.63, 3.8) is 0 Å². The van der Waals surface area contributed by atoms with E-state index in [1.54, 1.807) is 19.1 Å². The molecule has 0 unspecified atom stereocenters. The summed E-state index contributed by atoms with van der Waals surface area (Å²) in [6, 6.07) is 6.99. The van der Waals surface area contributed by atoms with E-state index in [1.807, 2.05) is 5.38 Å². The summed E-state index contributed by atoms with van der Waals surface area (Å²) in [5.74, 6) is -0.489. The number of nitrogens with one attached hydrogen (secondary N) is 1. The van der Waals surface area contributed by atoms with E-state index in [1.165, 1.54) is 24.3 Å². The van der Waals surface area contributed by atoms with Gasteiger partial charge in [-0.3, -0.25) is 0 Å². The Kier molecular flexibility index (Phi) is 4.48. The number of thiophene rings is 1. The average molecular weight is 329 g/mol. The summed E-state index contributed by atoms with van der Waals surface area (Å²) in [4.78, 5) is 0.673. The monoisotopic (exact) mass is 329 g/mol. The Morgan fingerprint density at radius 2 is 2.10 bits per heavy atom. The predicted octanol–water partition coefficient (Wildman–Crippen LogP) is 2.38. The molecule has 114 valence electrons. The Morgan fingerprint density at radius 1 is 1.38 bits per heavy atom. The molecule has 1 aromatic heterocycles. The lowest BCUT2D eigenvalue weighted by atomic mass is 10.1. The second-order valence-corrected chi connectivity index (χ2v) is 7.67. The lowest BCUT2D eigenvalue weighted by Gasteiger charge is -2.22. The van der Waals surface area contributed by atoms with Crippen molar-refractivity contribution in [2.24, 2.45) is 0 Å². The molecule has 1 aromatic carbocycles. The van der Waals surface area contributed by atoms with E-state index in [0.29, 0.717) is 10.4 Å². The molecule has 2 aromatic rings. The van der Waals surface area contributed by atoms with Crippen molar-refractivity contribution in [3.8, 4) is 0 Å². The van der Waals surface area contributed by atoms with Crippen molar-refractivity contribution in [1.29, 1.82) is 0 Å². The van der Waals surface area contributed by atoms with Crippen LogP contribution >= 0.6 is 11.3 Å². The van der Waals surface area contributed by atoms with E-state index in [0.717, 1.165) is 12.1 Å². The molecule has 0 aliphatic rings. The number of rotatable bonds is 5. The molecule has 0 bridgehead atoms.